The lowest BCUT2D eigenvalue weighted by Crippen LogP contribution is -2.04. The summed E-state index contributed by atoms with van der Waals surface area (Å²) < 4.78 is 38.0. The van der Waals surface area contributed by atoms with Crippen LogP contribution in [0.3, 0.4) is 0 Å². The Morgan fingerprint density at radius 2 is 1.84 bits per heavy atom. The monoisotopic (exact) mass is 266 g/mol. The lowest BCUT2D eigenvalue weighted by molar-refractivity contribution is -0.137. The summed E-state index contributed by atoms with van der Waals surface area (Å²) in [4.78, 5) is 4.17. The third-order valence-electron chi connectivity index (χ3n) is 2.84. The molecule has 0 fully saturated rings. The Morgan fingerprint density at radius 1 is 1.11 bits per heavy atom. The maximum absolute atomic E-state index is 12.7. The second-order valence-electron chi connectivity index (χ2n) is 4.22. The second kappa shape index (κ2) is 4.91. The van der Waals surface area contributed by atoms with E-state index in [0.29, 0.717) is 11.1 Å². The zero-order chi connectivity index (χ0) is 14.0. The van der Waals surface area contributed by atoms with Crippen LogP contribution in [-0.2, 0) is 6.18 Å². The number of pyridine rings is 1. The zero-order valence-electron chi connectivity index (χ0n) is 10.5. The summed E-state index contributed by atoms with van der Waals surface area (Å²) in [7, 11) is 1.75. The molecule has 5 heteroatoms. The number of halogens is 3. The smallest absolute Gasteiger partial charge is 0.373 e. The van der Waals surface area contributed by atoms with E-state index in [1.165, 1.54) is 6.07 Å². The summed E-state index contributed by atoms with van der Waals surface area (Å²) >= 11 is 0. The average molecular weight is 266 g/mol. The Hall–Kier alpha value is -2.04. The van der Waals surface area contributed by atoms with Gasteiger partial charge in [0.1, 0.15) is 5.82 Å². The van der Waals surface area contributed by atoms with Crippen molar-refractivity contribution in [3.63, 3.8) is 0 Å². The number of hydrogen-bond donors (Lipinski definition) is 1. The molecule has 0 unspecified atom stereocenters. The molecule has 2 aromatic rings. The molecule has 2 rings (SSSR count). The third kappa shape index (κ3) is 2.86. The number of anilines is 1. The summed E-state index contributed by atoms with van der Waals surface area (Å²) in [5.41, 5.74) is 1.41. The maximum atomic E-state index is 12.7. The van der Waals surface area contributed by atoms with Crippen molar-refractivity contribution in [2.45, 2.75) is 13.1 Å². The summed E-state index contributed by atoms with van der Waals surface area (Å²) in [6.07, 6.45) is -2.77. The molecule has 0 atom stereocenters. The van der Waals surface area contributed by atoms with Crippen LogP contribution in [0.25, 0.3) is 11.1 Å². The Balaban J connectivity index is 2.45. The van der Waals surface area contributed by atoms with Crippen molar-refractivity contribution < 1.29 is 13.2 Å². The van der Waals surface area contributed by atoms with Gasteiger partial charge in [-0.25, -0.2) is 4.98 Å². The molecule has 100 valence electrons. The van der Waals surface area contributed by atoms with Gasteiger partial charge in [0.05, 0.1) is 5.56 Å². The van der Waals surface area contributed by atoms with E-state index in [2.05, 4.69) is 10.3 Å². The van der Waals surface area contributed by atoms with Crippen LogP contribution in [0.1, 0.15) is 11.1 Å². The van der Waals surface area contributed by atoms with Crippen LogP contribution >= 0.6 is 0 Å². The van der Waals surface area contributed by atoms with Crippen LogP contribution in [0.15, 0.2) is 36.5 Å². The van der Waals surface area contributed by atoms with Crippen LogP contribution < -0.4 is 5.32 Å². The first-order chi connectivity index (χ1) is 8.91. The van der Waals surface area contributed by atoms with Crippen molar-refractivity contribution in [1.82, 2.24) is 4.98 Å². The molecule has 0 aliphatic rings. The van der Waals surface area contributed by atoms with Gasteiger partial charge in [-0.2, -0.15) is 13.2 Å². The number of rotatable bonds is 2. The molecule has 1 aromatic carbocycles. The predicted molar refractivity (Wildman–Crippen MR) is 69.0 cm³/mol. The normalized spacial score (nSPS) is 11.4. The van der Waals surface area contributed by atoms with Crippen LogP contribution in [-0.4, -0.2) is 12.0 Å². The van der Waals surface area contributed by atoms with Crippen LogP contribution in [0.5, 0.6) is 0 Å². The minimum Gasteiger partial charge on any atom is -0.373 e. The van der Waals surface area contributed by atoms with Crippen molar-refractivity contribution in [3.8, 4) is 11.1 Å². The number of alkyl halides is 3. The standard InChI is InChI=1S/C14H13F3N2/c1-9-6-11(8-19-13(9)18-2)10-4-3-5-12(7-10)14(15,16)17/h3-8H,1-2H3,(H,18,19). The minimum absolute atomic E-state index is 0.507. The summed E-state index contributed by atoms with van der Waals surface area (Å²) in [5.74, 6) is 0.718. The van der Waals surface area contributed by atoms with Crippen molar-refractivity contribution >= 4 is 5.82 Å². The summed E-state index contributed by atoms with van der Waals surface area (Å²) in [6, 6.07) is 7.06. The van der Waals surface area contributed by atoms with E-state index in [-0.39, 0.29) is 0 Å². The van der Waals surface area contributed by atoms with Gasteiger partial charge in [0.15, 0.2) is 0 Å². The topological polar surface area (TPSA) is 24.9 Å². The molecule has 19 heavy (non-hydrogen) atoms. The molecule has 0 aliphatic heterocycles. The highest BCUT2D eigenvalue weighted by Crippen LogP contribution is 2.32. The van der Waals surface area contributed by atoms with Crippen LogP contribution in [0.2, 0.25) is 0 Å². The third-order valence-corrected chi connectivity index (χ3v) is 2.84. The number of hydrogen-bond acceptors (Lipinski definition) is 2. The second-order valence-corrected chi connectivity index (χ2v) is 4.22. The van der Waals surface area contributed by atoms with Gasteiger partial charge in [-0.15, -0.1) is 0 Å². The summed E-state index contributed by atoms with van der Waals surface area (Å²) in [6.45, 7) is 1.86. The number of benzene rings is 1. The molecular formula is C14H13F3N2. The van der Waals surface area contributed by atoms with Gasteiger partial charge in [0.25, 0.3) is 0 Å². The number of nitrogens with zero attached hydrogens (tertiary/aromatic N) is 1. The molecule has 0 saturated carbocycles. The van der Waals surface area contributed by atoms with E-state index < -0.39 is 11.7 Å². The largest absolute Gasteiger partial charge is 0.416 e. The van der Waals surface area contributed by atoms with Crippen LogP contribution in [0, 0.1) is 6.92 Å². The first-order valence-corrected chi connectivity index (χ1v) is 5.74. The fourth-order valence-corrected chi connectivity index (χ4v) is 1.87. The Morgan fingerprint density at radius 3 is 2.42 bits per heavy atom. The molecule has 0 aliphatic carbocycles. The highest BCUT2D eigenvalue weighted by atomic mass is 19.4. The first kappa shape index (κ1) is 13.4. The Bertz CT molecular complexity index is 591. The predicted octanol–water partition coefficient (Wildman–Crippen LogP) is 4.12. The molecule has 0 radical (unpaired) electrons. The van der Waals surface area contributed by atoms with E-state index in [4.69, 9.17) is 0 Å². The highest BCUT2D eigenvalue weighted by molar-refractivity contribution is 5.66. The lowest BCUT2D eigenvalue weighted by Gasteiger charge is -2.10. The van der Waals surface area contributed by atoms with E-state index in [1.807, 2.05) is 13.0 Å². The van der Waals surface area contributed by atoms with Gasteiger partial charge in [0.2, 0.25) is 0 Å². The SMILES string of the molecule is CNc1ncc(-c2cccc(C(F)(F)F)c2)cc1C. The summed E-state index contributed by atoms with van der Waals surface area (Å²) in [5, 5.41) is 2.92. The molecular weight excluding hydrogens is 253 g/mol. The van der Waals surface area contributed by atoms with Crippen molar-refractivity contribution in [3.05, 3.63) is 47.7 Å². The molecule has 1 N–H and O–H groups in total. The molecule has 0 saturated heterocycles. The minimum atomic E-state index is -4.33. The number of nitrogens with one attached hydrogen (secondary N) is 1. The molecule has 2 nitrogen and oxygen atoms in total. The molecule has 0 spiro atoms. The fourth-order valence-electron chi connectivity index (χ4n) is 1.87. The van der Waals surface area contributed by atoms with Crippen LogP contribution in [0.4, 0.5) is 19.0 Å². The lowest BCUT2D eigenvalue weighted by atomic mass is 10.0. The number of aryl methyl sites for hydroxylation is 1. The van der Waals surface area contributed by atoms with E-state index in [1.54, 1.807) is 19.3 Å². The van der Waals surface area contributed by atoms with Gasteiger partial charge in [0, 0.05) is 18.8 Å². The molecule has 0 bridgehead atoms. The first-order valence-electron chi connectivity index (χ1n) is 5.74. The van der Waals surface area contributed by atoms with E-state index >= 15 is 0 Å². The maximum Gasteiger partial charge on any atom is 0.416 e. The van der Waals surface area contributed by atoms with Gasteiger partial charge < -0.3 is 5.32 Å². The van der Waals surface area contributed by atoms with Crippen molar-refractivity contribution in [2.75, 3.05) is 12.4 Å². The molecule has 0 amide bonds. The molecule has 1 aromatic heterocycles. The van der Waals surface area contributed by atoms with Gasteiger partial charge in [-0.1, -0.05) is 12.1 Å². The number of aromatic nitrogens is 1. The quantitative estimate of drug-likeness (QED) is 0.884. The average Bonchev–Trinajstić information content (AvgIpc) is 2.38. The fraction of sp³-hybridized carbons (Fsp3) is 0.214. The van der Waals surface area contributed by atoms with Crippen molar-refractivity contribution in [1.29, 1.82) is 0 Å². The molecule has 1 heterocycles. The zero-order valence-corrected chi connectivity index (χ0v) is 10.5. The van der Waals surface area contributed by atoms with E-state index in [9.17, 15) is 13.2 Å². The van der Waals surface area contributed by atoms with Gasteiger partial charge in [-0.05, 0) is 36.2 Å². The Kier molecular flexibility index (Phi) is 3.46. The van der Waals surface area contributed by atoms with E-state index in [0.717, 1.165) is 23.5 Å². The van der Waals surface area contributed by atoms with Crippen molar-refractivity contribution in [2.24, 2.45) is 0 Å². The van der Waals surface area contributed by atoms with Gasteiger partial charge in [-0.3, -0.25) is 0 Å². The Labute approximate surface area is 109 Å². The van der Waals surface area contributed by atoms with Gasteiger partial charge >= 0.3 is 6.18 Å². The highest BCUT2D eigenvalue weighted by Gasteiger charge is 2.30.